The molecule has 16 heavy (non-hydrogen) atoms. The van der Waals surface area contributed by atoms with Gasteiger partial charge in [-0.2, -0.15) is 18.2 Å². The monoisotopic (exact) mass is 237 g/mol. The number of nitrogens with two attached hydrogens (primary N) is 2. The molecule has 5 nitrogen and oxygen atoms in total. The van der Waals surface area contributed by atoms with Crippen molar-refractivity contribution in [3.8, 4) is 0 Å². The maximum atomic E-state index is 12.7. The van der Waals surface area contributed by atoms with Crippen LogP contribution in [0.5, 0.6) is 0 Å². The van der Waals surface area contributed by atoms with Crippen LogP contribution in [0.1, 0.15) is 20.3 Å². The normalized spacial score (nSPS) is 23.9. The van der Waals surface area contributed by atoms with E-state index in [0.29, 0.717) is 6.42 Å². The quantitative estimate of drug-likeness (QED) is 0.738. The molecule has 1 aliphatic heterocycles. The van der Waals surface area contributed by atoms with Crippen LogP contribution >= 0.6 is 0 Å². The van der Waals surface area contributed by atoms with Crippen LogP contribution in [-0.2, 0) is 0 Å². The Hall–Kier alpha value is -1.31. The average Bonchev–Trinajstić information content (AvgIpc) is 2.14. The molecule has 0 fully saturated rings. The van der Waals surface area contributed by atoms with Gasteiger partial charge in [-0.3, -0.25) is 5.73 Å². The summed E-state index contributed by atoms with van der Waals surface area (Å²) in [5.41, 5.74) is 10.7. The molecule has 0 radical (unpaired) electrons. The minimum Gasteiger partial charge on any atom is -0.368 e. The Morgan fingerprint density at radius 3 is 2.50 bits per heavy atom. The van der Waals surface area contributed by atoms with Gasteiger partial charge in [-0.25, -0.2) is 4.99 Å². The Kier molecular flexibility index (Phi) is 3.41. The average molecular weight is 237 g/mol. The predicted octanol–water partition coefficient (Wildman–Crippen LogP) is 0.618. The third-order valence-electron chi connectivity index (χ3n) is 2.33. The number of hydrogen-bond donors (Lipinski definition) is 2. The van der Waals surface area contributed by atoms with Gasteiger partial charge in [-0.15, -0.1) is 0 Å². The van der Waals surface area contributed by atoms with Gasteiger partial charge in [0, 0.05) is 6.04 Å². The van der Waals surface area contributed by atoms with Crippen LogP contribution in [0.4, 0.5) is 13.2 Å². The van der Waals surface area contributed by atoms with E-state index in [1.165, 1.54) is 0 Å². The Bertz CT molecular complexity index is 322. The van der Waals surface area contributed by atoms with E-state index in [1.807, 2.05) is 0 Å². The lowest BCUT2D eigenvalue weighted by molar-refractivity contribution is -0.0731. The summed E-state index contributed by atoms with van der Waals surface area (Å²) in [5.74, 6) is -1.53. The fourth-order valence-corrected chi connectivity index (χ4v) is 1.39. The van der Waals surface area contributed by atoms with Crippen molar-refractivity contribution in [2.24, 2.45) is 21.5 Å². The first kappa shape index (κ1) is 12.8. The molecule has 0 aromatic heterocycles. The van der Waals surface area contributed by atoms with Crippen LogP contribution in [0.3, 0.4) is 0 Å². The van der Waals surface area contributed by atoms with Gasteiger partial charge in [0.2, 0.25) is 11.8 Å². The zero-order chi connectivity index (χ0) is 12.5. The van der Waals surface area contributed by atoms with Crippen LogP contribution in [-0.4, -0.2) is 35.2 Å². The van der Waals surface area contributed by atoms with Crippen LogP contribution in [0.2, 0.25) is 0 Å². The smallest absolute Gasteiger partial charge is 0.368 e. The predicted molar refractivity (Wildman–Crippen MR) is 54.7 cm³/mol. The number of amidine groups is 1. The Labute approximate surface area is 91.0 Å². The molecule has 2 unspecified atom stereocenters. The molecule has 0 amide bonds. The minimum atomic E-state index is -4.58. The first-order valence-corrected chi connectivity index (χ1v) is 4.80. The van der Waals surface area contributed by atoms with Gasteiger partial charge >= 0.3 is 6.18 Å². The number of alkyl halides is 3. The van der Waals surface area contributed by atoms with E-state index >= 15 is 0 Å². The number of rotatable bonds is 2. The van der Waals surface area contributed by atoms with Crippen molar-refractivity contribution in [3.63, 3.8) is 0 Å². The summed E-state index contributed by atoms with van der Waals surface area (Å²) in [6.07, 6.45) is -5.22. The molecule has 8 heteroatoms. The number of guanidine groups is 1. The van der Waals surface area contributed by atoms with E-state index in [1.54, 1.807) is 13.8 Å². The van der Waals surface area contributed by atoms with E-state index in [-0.39, 0.29) is 0 Å². The van der Waals surface area contributed by atoms with Crippen LogP contribution in [0.25, 0.3) is 0 Å². The highest BCUT2D eigenvalue weighted by molar-refractivity contribution is 6.00. The molecule has 0 aromatic carbocycles. The SMILES string of the molecule is CCC(C)N1C(C(F)(F)F)=NC(N)=NC1N. The fourth-order valence-electron chi connectivity index (χ4n) is 1.39. The molecule has 0 aliphatic carbocycles. The summed E-state index contributed by atoms with van der Waals surface area (Å²) in [6.45, 7) is 3.38. The van der Waals surface area contributed by atoms with E-state index in [9.17, 15) is 13.2 Å². The second kappa shape index (κ2) is 4.28. The molecule has 2 atom stereocenters. The van der Waals surface area contributed by atoms with Gasteiger partial charge in [-0.05, 0) is 13.3 Å². The van der Waals surface area contributed by atoms with Gasteiger partial charge in [0.05, 0.1) is 0 Å². The lowest BCUT2D eigenvalue weighted by Gasteiger charge is -2.36. The Balaban J connectivity index is 3.11. The molecule has 1 rings (SSSR count). The summed E-state index contributed by atoms with van der Waals surface area (Å²) >= 11 is 0. The molecule has 0 spiro atoms. The highest BCUT2D eigenvalue weighted by Gasteiger charge is 2.44. The van der Waals surface area contributed by atoms with E-state index in [2.05, 4.69) is 9.98 Å². The van der Waals surface area contributed by atoms with E-state index < -0.39 is 30.3 Å². The molecule has 0 bridgehead atoms. The van der Waals surface area contributed by atoms with E-state index in [4.69, 9.17) is 11.5 Å². The molecule has 1 aliphatic rings. The number of nitrogens with zero attached hydrogens (tertiary/aromatic N) is 3. The lowest BCUT2D eigenvalue weighted by Crippen LogP contribution is -2.57. The number of halogens is 3. The van der Waals surface area contributed by atoms with E-state index in [0.717, 1.165) is 4.90 Å². The maximum absolute atomic E-state index is 12.7. The summed E-state index contributed by atoms with van der Waals surface area (Å²) in [7, 11) is 0. The Morgan fingerprint density at radius 1 is 1.50 bits per heavy atom. The third-order valence-corrected chi connectivity index (χ3v) is 2.33. The van der Waals surface area contributed by atoms with Crippen LogP contribution < -0.4 is 11.5 Å². The van der Waals surface area contributed by atoms with Crippen LogP contribution in [0, 0.1) is 0 Å². The Morgan fingerprint density at radius 2 is 2.06 bits per heavy atom. The van der Waals surface area contributed by atoms with Gasteiger partial charge in [0.1, 0.15) is 0 Å². The summed E-state index contributed by atoms with van der Waals surface area (Å²) in [5, 5.41) is 0. The molecular weight excluding hydrogens is 223 g/mol. The van der Waals surface area contributed by atoms with Crippen LogP contribution in [0.15, 0.2) is 9.98 Å². The zero-order valence-corrected chi connectivity index (χ0v) is 8.99. The first-order chi connectivity index (χ1) is 7.27. The highest BCUT2D eigenvalue weighted by atomic mass is 19.4. The number of hydrogen-bond acceptors (Lipinski definition) is 5. The van der Waals surface area contributed by atoms with Crippen molar-refractivity contribution in [2.45, 2.75) is 38.8 Å². The third kappa shape index (κ3) is 2.43. The first-order valence-electron chi connectivity index (χ1n) is 4.80. The van der Waals surface area contributed by atoms with Crippen molar-refractivity contribution in [2.75, 3.05) is 0 Å². The van der Waals surface area contributed by atoms with Crippen molar-refractivity contribution in [1.29, 1.82) is 0 Å². The second-order valence-electron chi connectivity index (χ2n) is 3.50. The van der Waals surface area contributed by atoms with Gasteiger partial charge in [0.25, 0.3) is 0 Å². The van der Waals surface area contributed by atoms with Crippen molar-refractivity contribution < 1.29 is 13.2 Å². The zero-order valence-electron chi connectivity index (χ0n) is 8.99. The van der Waals surface area contributed by atoms with Crippen molar-refractivity contribution in [3.05, 3.63) is 0 Å². The summed E-state index contributed by atoms with van der Waals surface area (Å²) in [4.78, 5) is 7.75. The summed E-state index contributed by atoms with van der Waals surface area (Å²) < 4.78 is 38.1. The van der Waals surface area contributed by atoms with Gasteiger partial charge in [0.15, 0.2) is 6.29 Å². The molecule has 4 N–H and O–H groups in total. The van der Waals surface area contributed by atoms with Gasteiger partial charge < -0.3 is 10.6 Å². The van der Waals surface area contributed by atoms with Gasteiger partial charge in [-0.1, -0.05) is 6.92 Å². The largest absolute Gasteiger partial charge is 0.449 e. The highest BCUT2D eigenvalue weighted by Crippen LogP contribution is 2.25. The second-order valence-corrected chi connectivity index (χ2v) is 3.50. The molecule has 0 aromatic rings. The minimum absolute atomic E-state index is 0.410. The molecule has 0 saturated heterocycles. The maximum Gasteiger partial charge on any atom is 0.449 e. The molecule has 1 heterocycles. The summed E-state index contributed by atoms with van der Waals surface area (Å²) in [6, 6.07) is -0.410. The van der Waals surface area contributed by atoms with Crippen molar-refractivity contribution in [1.82, 2.24) is 4.90 Å². The number of aliphatic imine (C=N–C) groups is 2. The molecule has 92 valence electrons. The molecular formula is C8H14F3N5. The fraction of sp³-hybridized carbons (Fsp3) is 0.750. The standard InChI is InChI=1S/C8H14F3N5/c1-3-4(2)16-5(8(9,10)11)14-6(12)15-7(16)13/h4,7H,3,13H2,1-2H3,(H2,12,15). The van der Waals surface area contributed by atoms with Crippen molar-refractivity contribution >= 4 is 11.8 Å². The molecule has 0 saturated carbocycles. The topological polar surface area (TPSA) is 80.0 Å². The lowest BCUT2D eigenvalue weighted by atomic mass is 10.2.